The largest absolute Gasteiger partial charge is 0.472 e. The van der Waals surface area contributed by atoms with Crippen molar-refractivity contribution in [3.8, 4) is 5.88 Å². The number of benzene rings is 1. The van der Waals surface area contributed by atoms with Crippen molar-refractivity contribution in [1.29, 1.82) is 0 Å². The maximum atomic E-state index is 13.3. The van der Waals surface area contributed by atoms with Crippen molar-refractivity contribution in [1.82, 2.24) is 4.98 Å². The van der Waals surface area contributed by atoms with Crippen molar-refractivity contribution >= 4 is 11.6 Å². The highest BCUT2D eigenvalue weighted by molar-refractivity contribution is 6.31. The number of ether oxygens (including phenoxy) is 1. The van der Waals surface area contributed by atoms with E-state index < -0.39 is 0 Å². The van der Waals surface area contributed by atoms with Crippen LogP contribution in [0.3, 0.4) is 0 Å². The van der Waals surface area contributed by atoms with Crippen LogP contribution in [0.25, 0.3) is 0 Å². The molecule has 0 fully saturated rings. The van der Waals surface area contributed by atoms with Gasteiger partial charge in [-0.1, -0.05) is 29.8 Å². The third kappa shape index (κ3) is 2.97. The van der Waals surface area contributed by atoms with Gasteiger partial charge < -0.3 is 9.84 Å². The van der Waals surface area contributed by atoms with Gasteiger partial charge in [-0.15, -0.1) is 0 Å². The standard InChI is InChI=1S/C13H11ClFNO2/c14-11-5-9(7-17)6-16-13(11)18-8-10-3-1-2-4-12(10)15/h1-6,17H,7-8H2. The maximum Gasteiger partial charge on any atom is 0.232 e. The molecular formula is C13H11ClFNO2. The summed E-state index contributed by atoms with van der Waals surface area (Å²) in [6.07, 6.45) is 1.46. The Morgan fingerprint density at radius 1 is 1.33 bits per heavy atom. The molecule has 1 N–H and O–H groups in total. The molecule has 0 spiro atoms. The van der Waals surface area contributed by atoms with Crippen LogP contribution in [0.5, 0.6) is 5.88 Å². The number of halogens is 2. The molecule has 5 heteroatoms. The summed E-state index contributed by atoms with van der Waals surface area (Å²) in [6.45, 7) is -0.0851. The molecule has 0 saturated heterocycles. The highest BCUT2D eigenvalue weighted by atomic mass is 35.5. The van der Waals surface area contributed by atoms with Crippen LogP contribution >= 0.6 is 11.6 Å². The second kappa shape index (κ2) is 5.80. The lowest BCUT2D eigenvalue weighted by Gasteiger charge is -2.08. The Hall–Kier alpha value is -1.65. The first-order chi connectivity index (χ1) is 8.70. The zero-order chi connectivity index (χ0) is 13.0. The van der Waals surface area contributed by atoms with Crippen LogP contribution < -0.4 is 4.74 Å². The Morgan fingerprint density at radius 3 is 2.78 bits per heavy atom. The predicted octanol–water partition coefficient (Wildman–Crippen LogP) is 2.95. The zero-order valence-corrected chi connectivity index (χ0v) is 10.2. The van der Waals surface area contributed by atoms with Crippen molar-refractivity contribution in [2.45, 2.75) is 13.2 Å². The molecule has 0 aliphatic carbocycles. The third-order valence-electron chi connectivity index (χ3n) is 2.37. The van der Waals surface area contributed by atoms with Gasteiger partial charge in [0, 0.05) is 11.8 Å². The molecular weight excluding hydrogens is 257 g/mol. The van der Waals surface area contributed by atoms with E-state index >= 15 is 0 Å². The smallest absolute Gasteiger partial charge is 0.232 e. The van der Waals surface area contributed by atoms with E-state index in [2.05, 4.69) is 4.98 Å². The fourth-order valence-corrected chi connectivity index (χ4v) is 1.66. The number of rotatable bonds is 4. The minimum Gasteiger partial charge on any atom is -0.472 e. The van der Waals surface area contributed by atoms with Crippen LogP contribution in [0.15, 0.2) is 36.5 Å². The molecule has 1 aromatic carbocycles. The Morgan fingerprint density at radius 2 is 2.11 bits per heavy atom. The lowest BCUT2D eigenvalue weighted by atomic mass is 10.2. The van der Waals surface area contributed by atoms with Gasteiger partial charge in [0.25, 0.3) is 0 Å². The van der Waals surface area contributed by atoms with Crippen LogP contribution in [0.2, 0.25) is 5.02 Å². The highest BCUT2D eigenvalue weighted by Crippen LogP contribution is 2.23. The number of hydrogen-bond donors (Lipinski definition) is 1. The first-order valence-corrected chi connectivity index (χ1v) is 5.70. The SMILES string of the molecule is OCc1cnc(OCc2ccccc2F)c(Cl)c1. The average Bonchev–Trinajstić information content (AvgIpc) is 2.39. The molecule has 3 nitrogen and oxygen atoms in total. The van der Waals surface area contributed by atoms with Gasteiger partial charge >= 0.3 is 0 Å². The molecule has 2 aromatic rings. The van der Waals surface area contributed by atoms with Gasteiger partial charge in [-0.25, -0.2) is 9.37 Å². The number of hydrogen-bond acceptors (Lipinski definition) is 3. The normalized spacial score (nSPS) is 10.4. The van der Waals surface area contributed by atoms with E-state index in [1.165, 1.54) is 12.3 Å². The zero-order valence-electron chi connectivity index (χ0n) is 9.44. The summed E-state index contributed by atoms with van der Waals surface area (Å²) in [7, 11) is 0. The fourth-order valence-electron chi connectivity index (χ4n) is 1.42. The molecule has 0 aliphatic heterocycles. The van der Waals surface area contributed by atoms with E-state index in [9.17, 15) is 4.39 Å². The van der Waals surface area contributed by atoms with Crippen LogP contribution in [0, 0.1) is 5.82 Å². The second-order valence-electron chi connectivity index (χ2n) is 3.67. The molecule has 1 aromatic heterocycles. The first-order valence-electron chi connectivity index (χ1n) is 5.32. The van der Waals surface area contributed by atoms with Crippen molar-refractivity contribution in [3.63, 3.8) is 0 Å². The number of aromatic nitrogens is 1. The van der Waals surface area contributed by atoms with Crippen molar-refractivity contribution < 1.29 is 14.2 Å². The summed E-state index contributed by atoms with van der Waals surface area (Å²) in [4.78, 5) is 3.96. The highest BCUT2D eigenvalue weighted by Gasteiger charge is 2.07. The Labute approximate surface area is 109 Å². The fraction of sp³-hybridized carbons (Fsp3) is 0.154. The molecule has 0 radical (unpaired) electrons. The van der Waals surface area contributed by atoms with Crippen LogP contribution in [0.1, 0.15) is 11.1 Å². The minimum absolute atomic E-state index is 0.0534. The number of aliphatic hydroxyl groups excluding tert-OH is 1. The van der Waals surface area contributed by atoms with Crippen LogP contribution in [-0.2, 0) is 13.2 Å². The van der Waals surface area contributed by atoms with E-state index in [1.807, 2.05) is 0 Å². The number of aliphatic hydroxyl groups is 1. The molecule has 2 rings (SSSR count). The molecule has 18 heavy (non-hydrogen) atoms. The summed E-state index contributed by atoms with van der Waals surface area (Å²) in [6, 6.07) is 7.89. The lowest BCUT2D eigenvalue weighted by molar-refractivity contribution is 0.276. The Balaban J connectivity index is 2.09. The van der Waals surface area contributed by atoms with Gasteiger partial charge in [0.15, 0.2) is 0 Å². The van der Waals surface area contributed by atoms with Crippen LogP contribution in [0.4, 0.5) is 4.39 Å². The van der Waals surface area contributed by atoms with Gasteiger partial charge in [0.2, 0.25) is 5.88 Å². The summed E-state index contributed by atoms with van der Waals surface area (Å²) in [5, 5.41) is 9.20. The summed E-state index contributed by atoms with van der Waals surface area (Å²) in [5.74, 6) is -0.113. The quantitative estimate of drug-likeness (QED) is 0.926. The number of pyridine rings is 1. The molecule has 0 bridgehead atoms. The summed E-state index contributed by atoms with van der Waals surface area (Å²) in [5.41, 5.74) is 1.03. The molecule has 0 unspecified atom stereocenters. The van der Waals surface area contributed by atoms with Crippen molar-refractivity contribution in [2.75, 3.05) is 0 Å². The average molecular weight is 268 g/mol. The van der Waals surface area contributed by atoms with Crippen molar-refractivity contribution in [3.05, 3.63) is 58.5 Å². The van der Waals surface area contributed by atoms with Gasteiger partial charge in [0.1, 0.15) is 17.4 Å². The molecule has 0 atom stereocenters. The Bertz CT molecular complexity index is 548. The molecule has 0 saturated carbocycles. The maximum absolute atomic E-state index is 13.3. The molecule has 1 heterocycles. The van der Waals surface area contributed by atoms with E-state index in [4.69, 9.17) is 21.4 Å². The van der Waals surface area contributed by atoms with E-state index in [1.54, 1.807) is 24.3 Å². The van der Waals surface area contributed by atoms with Gasteiger partial charge in [0.05, 0.1) is 6.61 Å². The van der Waals surface area contributed by atoms with E-state index in [0.717, 1.165) is 0 Å². The van der Waals surface area contributed by atoms with Gasteiger partial charge in [-0.3, -0.25) is 0 Å². The van der Waals surface area contributed by atoms with Gasteiger partial charge in [-0.2, -0.15) is 0 Å². The van der Waals surface area contributed by atoms with Crippen molar-refractivity contribution in [2.24, 2.45) is 0 Å². The van der Waals surface area contributed by atoms with Crippen LogP contribution in [-0.4, -0.2) is 10.1 Å². The summed E-state index contributed by atoms with van der Waals surface area (Å²) < 4.78 is 18.7. The van der Waals surface area contributed by atoms with Gasteiger partial charge in [-0.05, 0) is 17.7 Å². The molecule has 0 aliphatic rings. The number of nitrogens with zero attached hydrogens (tertiary/aromatic N) is 1. The van der Waals surface area contributed by atoms with E-state index in [-0.39, 0.29) is 29.9 Å². The lowest BCUT2D eigenvalue weighted by Crippen LogP contribution is -2.00. The topological polar surface area (TPSA) is 42.4 Å². The van der Waals surface area contributed by atoms with E-state index in [0.29, 0.717) is 11.1 Å². The summed E-state index contributed by atoms with van der Waals surface area (Å²) >= 11 is 5.92. The molecule has 0 amide bonds. The third-order valence-corrected chi connectivity index (χ3v) is 2.64. The second-order valence-corrected chi connectivity index (χ2v) is 4.08. The minimum atomic E-state index is -0.333. The molecule has 94 valence electrons. The monoisotopic (exact) mass is 267 g/mol. The predicted molar refractivity (Wildman–Crippen MR) is 65.9 cm³/mol. The Kier molecular flexibility index (Phi) is 4.12. The first kappa shape index (κ1) is 12.8.